The Morgan fingerprint density at radius 3 is 2.43 bits per heavy atom. The lowest BCUT2D eigenvalue weighted by atomic mass is 10.4. The second-order valence-electron chi connectivity index (χ2n) is 2.82. The Labute approximate surface area is 82.3 Å². The lowest BCUT2D eigenvalue weighted by Crippen LogP contribution is -2.08. The summed E-state index contributed by atoms with van der Waals surface area (Å²) in [5.41, 5.74) is -4.51. The molecule has 2 nitrogen and oxygen atoms in total. The summed E-state index contributed by atoms with van der Waals surface area (Å²) in [7, 11) is 0. The molecule has 0 aliphatic rings. The van der Waals surface area contributed by atoms with Gasteiger partial charge >= 0.3 is 5.51 Å². The van der Waals surface area contributed by atoms with Crippen molar-refractivity contribution < 1.29 is 17.6 Å². The number of rotatable bonds is 2. The van der Waals surface area contributed by atoms with E-state index in [1.165, 1.54) is 0 Å². The molecule has 0 spiro atoms. The zero-order valence-corrected chi connectivity index (χ0v) is 8.21. The lowest BCUT2D eigenvalue weighted by Gasteiger charge is -2.11. The van der Waals surface area contributed by atoms with Crippen LogP contribution in [-0.2, 0) is 0 Å². The summed E-state index contributed by atoms with van der Waals surface area (Å²) in [5, 5.41) is 2.85. The third-order valence-corrected chi connectivity index (χ3v) is 2.14. The fraction of sp³-hybridized carbons (Fsp3) is 0.571. The third kappa shape index (κ3) is 2.63. The molecule has 0 bridgehead atoms. The van der Waals surface area contributed by atoms with E-state index in [0.717, 1.165) is 4.68 Å². The van der Waals surface area contributed by atoms with Gasteiger partial charge in [-0.2, -0.15) is 18.3 Å². The third-order valence-electron chi connectivity index (χ3n) is 1.35. The molecule has 0 fully saturated rings. The predicted molar refractivity (Wildman–Crippen MR) is 43.3 cm³/mol. The van der Waals surface area contributed by atoms with Gasteiger partial charge in [-0.25, -0.2) is 4.39 Å². The molecular formula is C7H7F4N2S. The van der Waals surface area contributed by atoms with E-state index in [4.69, 9.17) is 0 Å². The average molecular weight is 227 g/mol. The first-order valence-electron chi connectivity index (χ1n) is 3.72. The van der Waals surface area contributed by atoms with E-state index in [2.05, 4.69) is 5.10 Å². The fourth-order valence-corrected chi connectivity index (χ4v) is 1.54. The first-order chi connectivity index (χ1) is 6.31. The summed E-state index contributed by atoms with van der Waals surface area (Å²) >= 11 is -0.517. The van der Waals surface area contributed by atoms with Crippen molar-refractivity contribution >= 4 is 11.8 Å². The van der Waals surface area contributed by atoms with Crippen molar-refractivity contribution in [3.63, 3.8) is 0 Å². The molecule has 0 atom stereocenters. The highest BCUT2D eigenvalue weighted by atomic mass is 32.2. The second-order valence-corrected chi connectivity index (χ2v) is 3.87. The van der Waals surface area contributed by atoms with Gasteiger partial charge in [0.05, 0.1) is 0 Å². The van der Waals surface area contributed by atoms with Crippen LogP contribution in [0.25, 0.3) is 0 Å². The van der Waals surface area contributed by atoms with Crippen LogP contribution in [0.2, 0.25) is 0 Å². The van der Waals surface area contributed by atoms with Crippen molar-refractivity contribution in [2.24, 2.45) is 0 Å². The second kappa shape index (κ2) is 3.80. The van der Waals surface area contributed by atoms with Crippen molar-refractivity contribution in [2.45, 2.75) is 30.4 Å². The number of halogens is 4. The molecule has 1 heterocycles. The van der Waals surface area contributed by atoms with Crippen LogP contribution in [0.1, 0.15) is 19.9 Å². The predicted octanol–water partition coefficient (Wildman–Crippen LogP) is 3.02. The molecule has 79 valence electrons. The van der Waals surface area contributed by atoms with E-state index in [-0.39, 0.29) is 6.04 Å². The summed E-state index contributed by atoms with van der Waals surface area (Å²) in [6.07, 6.45) is 1.87. The highest BCUT2D eigenvalue weighted by Crippen LogP contribution is 2.38. The molecular weight excluding hydrogens is 220 g/mol. The number of alkyl halides is 3. The van der Waals surface area contributed by atoms with Gasteiger partial charge in [-0.1, -0.05) is 0 Å². The highest BCUT2D eigenvalue weighted by molar-refractivity contribution is 8.00. The molecule has 0 amide bonds. The highest BCUT2D eigenvalue weighted by Gasteiger charge is 2.33. The number of aromatic nitrogens is 2. The van der Waals surface area contributed by atoms with Gasteiger partial charge < -0.3 is 0 Å². The van der Waals surface area contributed by atoms with Crippen LogP contribution in [0.3, 0.4) is 0 Å². The molecule has 1 aromatic heterocycles. The Bertz CT molecular complexity index is 318. The van der Waals surface area contributed by atoms with E-state index in [1.54, 1.807) is 13.8 Å². The Morgan fingerprint density at radius 1 is 1.43 bits per heavy atom. The maximum atomic E-state index is 12.8. The molecule has 0 saturated heterocycles. The molecule has 1 rings (SSSR count). The van der Waals surface area contributed by atoms with E-state index < -0.39 is 28.1 Å². The summed E-state index contributed by atoms with van der Waals surface area (Å²) in [6.45, 7) is 3.22. The fourth-order valence-electron chi connectivity index (χ4n) is 0.843. The van der Waals surface area contributed by atoms with Crippen LogP contribution in [0.5, 0.6) is 0 Å². The average Bonchev–Trinajstić information content (AvgIpc) is 2.29. The van der Waals surface area contributed by atoms with Crippen molar-refractivity contribution in [3.05, 3.63) is 12.0 Å². The number of hydrogen-bond acceptors (Lipinski definition) is 2. The zero-order valence-electron chi connectivity index (χ0n) is 7.39. The van der Waals surface area contributed by atoms with E-state index in [9.17, 15) is 17.6 Å². The van der Waals surface area contributed by atoms with Gasteiger partial charge in [0.2, 0.25) is 0 Å². The quantitative estimate of drug-likeness (QED) is 0.571. The molecule has 7 heteroatoms. The van der Waals surface area contributed by atoms with Gasteiger partial charge in [-0.05, 0) is 13.8 Å². The first kappa shape index (κ1) is 11.4. The molecule has 0 aliphatic carbocycles. The van der Waals surface area contributed by atoms with Crippen molar-refractivity contribution in [1.29, 1.82) is 0 Å². The van der Waals surface area contributed by atoms with Crippen molar-refractivity contribution in [3.8, 4) is 0 Å². The zero-order chi connectivity index (χ0) is 10.9. The standard InChI is InChI=1S/C7H7F4N2S/c1-4(2)13-6(5(8)3-12-13)14-7(9,10)11/h4H,1-2H3. The molecule has 14 heavy (non-hydrogen) atoms. The van der Waals surface area contributed by atoms with Gasteiger partial charge in [-0.15, -0.1) is 0 Å². The van der Waals surface area contributed by atoms with Crippen molar-refractivity contribution in [1.82, 2.24) is 9.78 Å². The number of nitrogens with zero attached hydrogens (tertiary/aromatic N) is 2. The summed E-state index contributed by atoms with van der Waals surface area (Å²) in [6, 6.07) is -0.333. The van der Waals surface area contributed by atoms with Crippen LogP contribution in [0.4, 0.5) is 17.6 Å². The Kier molecular flexibility index (Phi) is 3.08. The topological polar surface area (TPSA) is 17.8 Å². The molecule has 1 radical (unpaired) electrons. The van der Waals surface area contributed by atoms with E-state index >= 15 is 0 Å². The smallest absolute Gasteiger partial charge is 0.252 e. The maximum absolute atomic E-state index is 12.8. The van der Waals surface area contributed by atoms with Crippen LogP contribution in [-0.4, -0.2) is 15.3 Å². The molecule has 0 aromatic carbocycles. The van der Waals surface area contributed by atoms with E-state index in [0.29, 0.717) is 0 Å². The Hall–Kier alpha value is -0.720. The molecule has 1 aromatic rings. The van der Waals surface area contributed by atoms with Crippen LogP contribution >= 0.6 is 11.8 Å². The first-order valence-corrected chi connectivity index (χ1v) is 4.54. The molecule has 0 unspecified atom stereocenters. The summed E-state index contributed by atoms with van der Waals surface area (Å²) < 4.78 is 49.7. The molecule has 0 saturated carbocycles. The summed E-state index contributed by atoms with van der Waals surface area (Å²) in [5.74, 6) is -1.07. The SMILES string of the molecule is CC(C)n1n[c]c(F)c1SC(F)(F)F. The van der Waals surface area contributed by atoms with Gasteiger partial charge in [0.25, 0.3) is 0 Å². The minimum Gasteiger partial charge on any atom is -0.252 e. The number of thioether (sulfide) groups is 1. The normalized spacial score (nSPS) is 12.5. The Morgan fingerprint density at radius 2 is 2.00 bits per heavy atom. The minimum absolute atomic E-state index is 0.333. The monoisotopic (exact) mass is 227 g/mol. The van der Waals surface area contributed by atoms with Crippen LogP contribution in [0, 0.1) is 12.0 Å². The number of hydrogen-bond donors (Lipinski definition) is 0. The van der Waals surface area contributed by atoms with E-state index in [1.807, 2.05) is 6.20 Å². The van der Waals surface area contributed by atoms with Crippen molar-refractivity contribution in [2.75, 3.05) is 0 Å². The van der Waals surface area contributed by atoms with Crippen LogP contribution in [0.15, 0.2) is 5.03 Å². The van der Waals surface area contributed by atoms with Crippen LogP contribution < -0.4 is 0 Å². The molecule has 0 aliphatic heterocycles. The largest absolute Gasteiger partial charge is 0.447 e. The van der Waals surface area contributed by atoms with Gasteiger partial charge in [0.1, 0.15) is 5.03 Å². The van der Waals surface area contributed by atoms with Gasteiger partial charge in [0, 0.05) is 17.8 Å². The molecule has 0 N–H and O–H groups in total. The minimum atomic E-state index is -4.51. The lowest BCUT2D eigenvalue weighted by molar-refractivity contribution is -0.0332. The Balaban J connectivity index is 3.00. The maximum Gasteiger partial charge on any atom is 0.447 e. The van der Waals surface area contributed by atoms with Gasteiger partial charge in [-0.3, -0.25) is 4.68 Å². The van der Waals surface area contributed by atoms with Gasteiger partial charge in [0.15, 0.2) is 12.0 Å². The summed E-state index contributed by atoms with van der Waals surface area (Å²) in [4.78, 5) is 0.